The number of methoxy groups -OCH3 is 1. The van der Waals surface area contributed by atoms with Crippen molar-refractivity contribution >= 4 is 29.1 Å². The molecule has 3 amide bonds. The van der Waals surface area contributed by atoms with E-state index in [1.54, 1.807) is 55.6 Å². The van der Waals surface area contributed by atoms with E-state index in [1.807, 2.05) is 24.3 Å². The molecule has 3 aromatic carbocycles. The van der Waals surface area contributed by atoms with Crippen molar-refractivity contribution in [3.8, 4) is 17.2 Å². The molecule has 0 spiro atoms. The average molecular weight is 507 g/mol. The smallest absolute Gasteiger partial charge is 0.255 e. The van der Waals surface area contributed by atoms with Crippen LogP contribution in [0.1, 0.15) is 16.8 Å². The van der Waals surface area contributed by atoms with Crippen LogP contribution in [0.2, 0.25) is 0 Å². The molecule has 1 saturated heterocycles. The van der Waals surface area contributed by atoms with Gasteiger partial charge in [-0.05, 0) is 103 Å². The summed E-state index contributed by atoms with van der Waals surface area (Å²) >= 11 is 0. The minimum absolute atomic E-state index is 0.0983. The fourth-order valence-electron chi connectivity index (χ4n) is 6.56. The molecule has 0 aromatic heterocycles. The average Bonchev–Trinajstić information content (AvgIpc) is 3.73. The molecule has 6 atom stereocenters. The number of amides is 3. The van der Waals surface area contributed by atoms with Gasteiger partial charge in [-0.25, -0.2) is 0 Å². The van der Waals surface area contributed by atoms with Crippen molar-refractivity contribution in [2.75, 3.05) is 17.3 Å². The third-order valence-electron chi connectivity index (χ3n) is 8.46. The van der Waals surface area contributed by atoms with E-state index in [9.17, 15) is 14.4 Å². The summed E-state index contributed by atoms with van der Waals surface area (Å²) in [5.41, 5.74) is 1.59. The van der Waals surface area contributed by atoms with Crippen molar-refractivity contribution in [3.05, 3.63) is 90.5 Å². The predicted molar refractivity (Wildman–Crippen MR) is 141 cm³/mol. The first-order chi connectivity index (χ1) is 18.5. The van der Waals surface area contributed by atoms with Gasteiger partial charge in [0.15, 0.2) is 0 Å². The van der Waals surface area contributed by atoms with Crippen molar-refractivity contribution in [1.29, 1.82) is 0 Å². The number of allylic oxidation sites excluding steroid dienone is 2. The standard InChI is InChI=1S/C31H26N2O5/c1-37-20-10-12-22(13-11-20)38-21-8-4-18(5-9-21)32-29(34)17-2-6-19(7-3-17)33-30(35)27-23-14-15-24(26-16-25(23)26)28(27)31(33)36/h2-15,23-28H,16H2,1H3,(H,32,34)/t23-,24-,25-,26-,27-,28+/m1/s1. The maximum atomic E-state index is 13.3. The topological polar surface area (TPSA) is 84.9 Å². The summed E-state index contributed by atoms with van der Waals surface area (Å²) in [4.78, 5) is 40.8. The van der Waals surface area contributed by atoms with Gasteiger partial charge in [0.2, 0.25) is 11.8 Å². The van der Waals surface area contributed by atoms with Gasteiger partial charge >= 0.3 is 0 Å². The number of imide groups is 1. The zero-order chi connectivity index (χ0) is 26.0. The van der Waals surface area contributed by atoms with Crippen LogP contribution >= 0.6 is 0 Å². The summed E-state index contributed by atoms with van der Waals surface area (Å²) in [5.74, 6) is 2.63. The van der Waals surface area contributed by atoms with Gasteiger partial charge in [0, 0.05) is 11.3 Å². The first-order valence-electron chi connectivity index (χ1n) is 12.9. The second-order valence-electron chi connectivity index (χ2n) is 10.5. The highest BCUT2D eigenvalue weighted by molar-refractivity contribution is 6.22. The Kier molecular flexibility index (Phi) is 5.15. The summed E-state index contributed by atoms with van der Waals surface area (Å²) in [6.45, 7) is 0. The van der Waals surface area contributed by atoms with E-state index in [4.69, 9.17) is 9.47 Å². The van der Waals surface area contributed by atoms with Crippen LogP contribution in [0, 0.1) is 35.5 Å². The number of hydrogen-bond donors (Lipinski definition) is 1. The Hall–Kier alpha value is -4.39. The number of anilines is 2. The zero-order valence-electron chi connectivity index (χ0n) is 20.7. The zero-order valence-corrected chi connectivity index (χ0v) is 20.7. The molecule has 3 aromatic rings. The largest absolute Gasteiger partial charge is 0.497 e. The summed E-state index contributed by atoms with van der Waals surface area (Å²) in [6.07, 6.45) is 5.47. The molecule has 0 radical (unpaired) electrons. The van der Waals surface area contributed by atoms with Gasteiger partial charge < -0.3 is 14.8 Å². The van der Waals surface area contributed by atoms with Gasteiger partial charge in [-0.15, -0.1) is 0 Å². The van der Waals surface area contributed by atoms with Gasteiger partial charge in [-0.1, -0.05) is 12.2 Å². The summed E-state index contributed by atoms with van der Waals surface area (Å²) < 4.78 is 11.0. The molecular formula is C31H26N2O5. The van der Waals surface area contributed by atoms with E-state index < -0.39 is 0 Å². The summed E-state index contributed by atoms with van der Waals surface area (Å²) in [5, 5.41) is 2.87. The molecule has 2 bridgehead atoms. The number of nitrogens with zero attached hydrogens (tertiary/aromatic N) is 1. The minimum atomic E-state index is -0.282. The lowest BCUT2D eigenvalue weighted by Gasteiger charge is -2.37. The maximum absolute atomic E-state index is 13.3. The summed E-state index contributed by atoms with van der Waals surface area (Å²) in [7, 11) is 1.61. The highest BCUT2D eigenvalue weighted by atomic mass is 16.5. The van der Waals surface area contributed by atoms with Crippen LogP contribution in [0.3, 0.4) is 0 Å². The number of benzene rings is 3. The number of rotatable bonds is 6. The molecule has 7 heteroatoms. The van der Waals surface area contributed by atoms with Crippen LogP contribution < -0.4 is 19.7 Å². The van der Waals surface area contributed by atoms with Gasteiger partial charge in [-0.3, -0.25) is 19.3 Å². The highest BCUT2D eigenvalue weighted by Gasteiger charge is 2.67. The van der Waals surface area contributed by atoms with Crippen LogP contribution in [0.15, 0.2) is 84.9 Å². The van der Waals surface area contributed by atoms with Crippen LogP contribution in [0.5, 0.6) is 17.2 Å². The Labute approximate surface area is 220 Å². The molecule has 38 heavy (non-hydrogen) atoms. The Bertz CT molecular complexity index is 1430. The third kappa shape index (κ3) is 3.61. The van der Waals surface area contributed by atoms with Gasteiger partial charge in [0.25, 0.3) is 5.91 Å². The molecule has 1 aliphatic heterocycles. The van der Waals surface area contributed by atoms with Crippen LogP contribution in [-0.4, -0.2) is 24.8 Å². The fourth-order valence-corrected chi connectivity index (χ4v) is 6.56. The Morgan fingerprint density at radius 3 is 1.84 bits per heavy atom. The molecule has 190 valence electrons. The van der Waals surface area contributed by atoms with E-state index in [-0.39, 0.29) is 41.4 Å². The van der Waals surface area contributed by atoms with Crippen molar-refractivity contribution in [2.24, 2.45) is 35.5 Å². The van der Waals surface area contributed by atoms with Gasteiger partial charge in [0.05, 0.1) is 24.6 Å². The third-order valence-corrected chi connectivity index (χ3v) is 8.46. The lowest BCUT2D eigenvalue weighted by molar-refractivity contribution is -0.124. The second kappa shape index (κ2) is 8.58. The molecular weight excluding hydrogens is 480 g/mol. The molecule has 3 fully saturated rings. The fraction of sp³-hybridized carbons (Fsp3) is 0.258. The van der Waals surface area contributed by atoms with E-state index in [0.717, 1.165) is 12.2 Å². The van der Waals surface area contributed by atoms with E-state index >= 15 is 0 Å². The molecule has 1 N–H and O–H groups in total. The van der Waals surface area contributed by atoms with Crippen molar-refractivity contribution < 1.29 is 23.9 Å². The van der Waals surface area contributed by atoms with Crippen LogP contribution in [0.4, 0.5) is 11.4 Å². The molecule has 1 heterocycles. The lowest BCUT2D eigenvalue weighted by Crippen LogP contribution is -2.40. The normalized spacial score (nSPS) is 28.1. The first kappa shape index (κ1) is 22.8. The number of ether oxygens (including phenoxy) is 2. The first-order valence-corrected chi connectivity index (χ1v) is 12.9. The Morgan fingerprint density at radius 2 is 1.29 bits per heavy atom. The van der Waals surface area contributed by atoms with Gasteiger partial charge in [-0.2, -0.15) is 0 Å². The van der Waals surface area contributed by atoms with Crippen molar-refractivity contribution in [3.63, 3.8) is 0 Å². The van der Waals surface area contributed by atoms with Crippen LogP contribution in [-0.2, 0) is 9.59 Å². The Morgan fingerprint density at radius 1 is 0.763 bits per heavy atom. The van der Waals surface area contributed by atoms with Gasteiger partial charge in [0.1, 0.15) is 17.2 Å². The molecule has 5 aliphatic rings. The number of carbonyl (C=O) groups is 3. The lowest BCUT2D eigenvalue weighted by atomic mass is 9.63. The second-order valence-corrected chi connectivity index (χ2v) is 10.5. The quantitative estimate of drug-likeness (QED) is 0.362. The molecule has 4 aliphatic carbocycles. The maximum Gasteiger partial charge on any atom is 0.255 e. The number of nitrogens with one attached hydrogen (secondary N) is 1. The Balaban J connectivity index is 1.01. The molecule has 8 rings (SSSR count). The van der Waals surface area contributed by atoms with E-state index in [0.29, 0.717) is 40.3 Å². The van der Waals surface area contributed by atoms with Crippen molar-refractivity contribution in [1.82, 2.24) is 0 Å². The summed E-state index contributed by atoms with van der Waals surface area (Å²) in [6, 6.07) is 21.0. The number of hydrogen-bond acceptors (Lipinski definition) is 5. The van der Waals surface area contributed by atoms with Crippen molar-refractivity contribution in [2.45, 2.75) is 6.42 Å². The van der Waals surface area contributed by atoms with E-state index in [1.165, 1.54) is 4.90 Å². The SMILES string of the molecule is COc1ccc(Oc2ccc(NC(=O)c3ccc(N4C(=O)[C@@H]5[C@@H]6C=C[C@H]([C@H]7C[C@H]67)[C@@H]5C4=O)cc3)cc2)cc1. The van der Waals surface area contributed by atoms with Crippen LogP contribution in [0.25, 0.3) is 0 Å². The highest BCUT2D eigenvalue weighted by Crippen LogP contribution is 2.65. The molecule has 7 nitrogen and oxygen atoms in total. The minimum Gasteiger partial charge on any atom is -0.497 e. The molecule has 2 saturated carbocycles. The van der Waals surface area contributed by atoms with E-state index in [2.05, 4.69) is 17.5 Å². The molecule has 0 unspecified atom stereocenters. The monoisotopic (exact) mass is 506 g/mol. The predicted octanol–water partition coefficient (Wildman–Crippen LogP) is 5.30. The number of carbonyl (C=O) groups excluding carboxylic acids is 3.